The van der Waals surface area contributed by atoms with Gasteiger partial charge in [0.1, 0.15) is 11.9 Å². The average Bonchev–Trinajstić information content (AvgIpc) is 2.40. The van der Waals surface area contributed by atoms with Crippen molar-refractivity contribution < 1.29 is 22.7 Å². The molecule has 20 heavy (non-hydrogen) atoms. The molecule has 1 aromatic carbocycles. The van der Waals surface area contributed by atoms with E-state index in [9.17, 15) is 18.0 Å². The maximum absolute atomic E-state index is 13.4. The summed E-state index contributed by atoms with van der Waals surface area (Å²) >= 11 is 0. The lowest BCUT2D eigenvalue weighted by molar-refractivity contribution is -0.121. The highest BCUT2D eigenvalue weighted by Gasteiger charge is 2.17. The van der Waals surface area contributed by atoms with Gasteiger partial charge in [0.05, 0.1) is 5.69 Å². The second kappa shape index (κ2) is 7.74. The maximum atomic E-state index is 13.4. The minimum Gasteiger partial charge on any atom is -0.385 e. The third kappa shape index (κ3) is 4.73. The van der Waals surface area contributed by atoms with Crippen LogP contribution in [0.25, 0.3) is 0 Å². The standard InChI is InChI=1S/C13H17F3N2O2/c1-8(13(19)17-4-3-5-20-2)18-11-7-9(14)6-10(15)12(11)16/h6-8,18H,3-5H2,1-2H3,(H,17,19). The van der Waals surface area contributed by atoms with Gasteiger partial charge in [-0.1, -0.05) is 0 Å². The number of anilines is 1. The van der Waals surface area contributed by atoms with Gasteiger partial charge in [-0.2, -0.15) is 0 Å². The van der Waals surface area contributed by atoms with Crippen molar-refractivity contribution in [1.29, 1.82) is 0 Å². The lowest BCUT2D eigenvalue weighted by Gasteiger charge is -2.16. The highest BCUT2D eigenvalue weighted by Crippen LogP contribution is 2.19. The fourth-order valence-corrected chi connectivity index (χ4v) is 1.54. The van der Waals surface area contributed by atoms with Crippen molar-refractivity contribution in [2.24, 2.45) is 0 Å². The topological polar surface area (TPSA) is 50.4 Å². The molecule has 0 fully saturated rings. The molecule has 0 heterocycles. The predicted octanol–water partition coefficient (Wildman–Crippen LogP) is 2.06. The Bertz CT molecular complexity index is 469. The van der Waals surface area contributed by atoms with Crippen molar-refractivity contribution in [2.75, 3.05) is 25.6 Å². The zero-order chi connectivity index (χ0) is 15.1. The number of benzene rings is 1. The molecular weight excluding hydrogens is 273 g/mol. The number of nitrogens with one attached hydrogen (secondary N) is 2. The zero-order valence-corrected chi connectivity index (χ0v) is 11.3. The molecule has 0 spiro atoms. The van der Waals surface area contributed by atoms with Gasteiger partial charge in [0, 0.05) is 32.4 Å². The lowest BCUT2D eigenvalue weighted by Crippen LogP contribution is -2.38. The van der Waals surface area contributed by atoms with Crippen LogP contribution in [0, 0.1) is 17.5 Å². The van der Waals surface area contributed by atoms with Crippen molar-refractivity contribution >= 4 is 11.6 Å². The maximum Gasteiger partial charge on any atom is 0.242 e. The van der Waals surface area contributed by atoms with Gasteiger partial charge in [-0.15, -0.1) is 0 Å². The minimum atomic E-state index is -1.31. The summed E-state index contributed by atoms with van der Waals surface area (Å²) in [6.45, 7) is 2.37. The molecule has 2 N–H and O–H groups in total. The first-order valence-electron chi connectivity index (χ1n) is 6.13. The van der Waals surface area contributed by atoms with Crippen molar-refractivity contribution in [3.05, 3.63) is 29.6 Å². The first-order chi connectivity index (χ1) is 9.45. The van der Waals surface area contributed by atoms with Gasteiger partial charge in [0.2, 0.25) is 5.91 Å². The van der Waals surface area contributed by atoms with Crippen LogP contribution in [-0.4, -0.2) is 32.2 Å². The van der Waals surface area contributed by atoms with Crippen LogP contribution in [0.15, 0.2) is 12.1 Å². The molecule has 0 saturated carbocycles. The smallest absolute Gasteiger partial charge is 0.242 e. The molecule has 0 saturated heterocycles. The zero-order valence-electron chi connectivity index (χ0n) is 11.3. The molecule has 0 aliphatic rings. The molecule has 1 aromatic rings. The van der Waals surface area contributed by atoms with E-state index in [0.29, 0.717) is 25.6 Å². The molecule has 0 aliphatic heterocycles. The molecule has 0 radical (unpaired) electrons. The third-order valence-corrected chi connectivity index (χ3v) is 2.58. The minimum absolute atomic E-state index is 0.387. The summed E-state index contributed by atoms with van der Waals surface area (Å²) in [5.41, 5.74) is -0.387. The second-order valence-electron chi connectivity index (χ2n) is 4.25. The molecule has 1 rings (SSSR count). The van der Waals surface area contributed by atoms with E-state index < -0.39 is 29.4 Å². The molecule has 1 unspecified atom stereocenters. The van der Waals surface area contributed by atoms with Gasteiger partial charge in [-0.25, -0.2) is 13.2 Å². The van der Waals surface area contributed by atoms with E-state index in [-0.39, 0.29) is 5.69 Å². The van der Waals surface area contributed by atoms with E-state index in [1.165, 1.54) is 6.92 Å². The molecule has 1 atom stereocenters. The van der Waals surface area contributed by atoms with E-state index >= 15 is 0 Å². The van der Waals surface area contributed by atoms with Crippen LogP contribution in [0.3, 0.4) is 0 Å². The predicted molar refractivity (Wildman–Crippen MR) is 68.9 cm³/mol. The van der Waals surface area contributed by atoms with E-state index in [2.05, 4.69) is 10.6 Å². The monoisotopic (exact) mass is 290 g/mol. The van der Waals surface area contributed by atoms with Crippen LogP contribution in [0.5, 0.6) is 0 Å². The molecule has 112 valence electrons. The normalized spacial score (nSPS) is 12.1. The number of hydrogen-bond acceptors (Lipinski definition) is 3. The van der Waals surface area contributed by atoms with Gasteiger partial charge in [-0.3, -0.25) is 4.79 Å². The van der Waals surface area contributed by atoms with Gasteiger partial charge in [0.25, 0.3) is 0 Å². The van der Waals surface area contributed by atoms with E-state index in [1.807, 2.05) is 0 Å². The number of ether oxygens (including phenoxy) is 1. The first-order valence-corrected chi connectivity index (χ1v) is 6.13. The van der Waals surface area contributed by atoms with Crippen LogP contribution >= 0.6 is 0 Å². The van der Waals surface area contributed by atoms with Crippen LogP contribution in [0.2, 0.25) is 0 Å². The Kier molecular flexibility index (Phi) is 6.30. The van der Waals surface area contributed by atoms with Gasteiger partial charge >= 0.3 is 0 Å². The van der Waals surface area contributed by atoms with Crippen LogP contribution in [-0.2, 0) is 9.53 Å². The summed E-state index contributed by atoms with van der Waals surface area (Å²) in [5, 5.41) is 5.03. The Morgan fingerprint density at radius 1 is 1.35 bits per heavy atom. The highest BCUT2D eigenvalue weighted by molar-refractivity contribution is 5.84. The van der Waals surface area contributed by atoms with E-state index in [0.717, 1.165) is 6.07 Å². The SMILES string of the molecule is COCCCNC(=O)C(C)Nc1cc(F)cc(F)c1F. The third-order valence-electron chi connectivity index (χ3n) is 2.58. The van der Waals surface area contributed by atoms with Crippen molar-refractivity contribution in [3.63, 3.8) is 0 Å². The Balaban J connectivity index is 2.57. The Hall–Kier alpha value is -1.76. The molecular formula is C13H17F3N2O2. The second-order valence-corrected chi connectivity index (χ2v) is 4.25. The van der Waals surface area contributed by atoms with Gasteiger partial charge in [-0.05, 0) is 13.3 Å². The number of amides is 1. The van der Waals surface area contributed by atoms with Crippen LogP contribution in [0.4, 0.5) is 18.9 Å². The molecule has 1 amide bonds. The molecule has 0 aromatic heterocycles. The Labute approximate surface area is 115 Å². The fourth-order valence-electron chi connectivity index (χ4n) is 1.54. The summed E-state index contributed by atoms with van der Waals surface area (Å²) in [5.74, 6) is -3.84. The summed E-state index contributed by atoms with van der Waals surface area (Å²) in [4.78, 5) is 11.7. The summed E-state index contributed by atoms with van der Waals surface area (Å²) in [7, 11) is 1.55. The van der Waals surface area contributed by atoms with Crippen molar-refractivity contribution in [1.82, 2.24) is 5.32 Å². The van der Waals surface area contributed by atoms with E-state index in [1.54, 1.807) is 7.11 Å². The number of methoxy groups -OCH3 is 1. The highest BCUT2D eigenvalue weighted by atomic mass is 19.2. The van der Waals surface area contributed by atoms with Gasteiger partial charge in [0.15, 0.2) is 11.6 Å². The largest absolute Gasteiger partial charge is 0.385 e. The van der Waals surface area contributed by atoms with E-state index in [4.69, 9.17) is 4.74 Å². The first kappa shape index (κ1) is 16.3. The molecule has 0 aliphatic carbocycles. The summed E-state index contributed by atoms with van der Waals surface area (Å²) in [6.07, 6.45) is 0.637. The van der Waals surface area contributed by atoms with Crippen LogP contribution < -0.4 is 10.6 Å². The number of rotatable bonds is 7. The lowest BCUT2D eigenvalue weighted by atomic mass is 10.2. The average molecular weight is 290 g/mol. The summed E-state index contributed by atoms with van der Waals surface area (Å²) < 4.78 is 44.2. The Morgan fingerprint density at radius 2 is 2.05 bits per heavy atom. The molecule has 7 heteroatoms. The molecule has 0 bridgehead atoms. The molecule has 4 nitrogen and oxygen atoms in total. The van der Waals surface area contributed by atoms with Gasteiger partial charge < -0.3 is 15.4 Å². The van der Waals surface area contributed by atoms with Crippen molar-refractivity contribution in [3.8, 4) is 0 Å². The van der Waals surface area contributed by atoms with Crippen LogP contribution in [0.1, 0.15) is 13.3 Å². The summed E-state index contributed by atoms with van der Waals surface area (Å²) in [6, 6.07) is 0.414. The van der Waals surface area contributed by atoms with Crippen molar-refractivity contribution in [2.45, 2.75) is 19.4 Å². The Morgan fingerprint density at radius 3 is 2.70 bits per heavy atom. The number of hydrogen-bond donors (Lipinski definition) is 2. The fraction of sp³-hybridized carbons (Fsp3) is 0.462. The number of halogens is 3. The number of carbonyl (C=O) groups excluding carboxylic acids is 1. The number of carbonyl (C=O) groups is 1. The quantitative estimate of drug-likeness (QED) is 0.597.